The van der Waals surface area contributed by atoms with Crippen LogP contribution in [0.5, 0.6) is 0 Å². The van der Waals surface area contributed by atoms with Gasteiger partial charge in [-0.2, -0.15) is 0 Å². The summed E-state index contributed by atoms with van der Waals surface area (Å²) in [5.41, 5.74) is 1.15. The van der Waals surface area contributed by atoms with E-state index in [1.54, 1.807) is 4.90 Å². The van der Waals surface area contributed by atoms with E-state index in [1.165, 1.54) is 7.11 Å². The lowest BCUT2D eigenvalue weighted by Gasteiger charge is -2.30. The molecule has 0 radical (unpaired) electrons. The fourth-order valence-corrected chi connectivity index (χ4v) is 2.99. The highest BCUT2D eigenvalue weighted by molar-refractivity contribution is 5.82. The van der Waals surface area contributed by atoms with Crippen molar-refractivity contribution in [3.63, 3.8) is 0 Å². The number of carbonyl (C=O) groups excluding carboxylic acids is 2. The number of methoxy groups -OCH3 is 1. The largest absolute Gasteiger partial charge is 0.453 e. The maximum absolute atomic E-state index is 13.0. The predicted octanol–water partition coefficient (Wildman–Crippen LogP) is 1.46. The first-order valence-corrected chi connectivity index (χ1v) is 8.35. The summed E-state index contributed by atoms with van der Waals surface area (Å²) in [7, 11) is 5.26. The second-order valence-electron chi connectivity index (χ2n) is 6.31. The van der Waals surface area contributed by atoms with Gasteiger partial charge in [-0.1, -0.05) is 30.3 Å². The number of ether oxygens (including phenoxy) is 1. The smallest absolute Gasteiger partial charge is 0.409 e. The fourth-order valence-electron chi connectivity index (χ4n) is 2.99. The molecular formula is C18H27N3O3. The molecule has 6 heteroatoms. The first-order valence-electron chi connectivity index (χ1n) is 8.35. The Kier molecular flexibility index (Phi) is 6.61. The third-order valence-corrected chi connectivity index (χ3v) is 4.42. The van der Waals surface area contributed by atoms with Gasteiger partial charge in [0, 0.05) is 26.2 Å². The lowest BCUT2D eigenvalue weighted by Crippen LogP contribution is -2.48. The van der Waals surface area contributed by atoms with Crippen LogP contribution in [0.2, 0.25) is 0 Å². The van der Waals surface area contributed by atoms with E-state index < -0.39 is 0 Å². The average Bonchev–Trinajstić information content (AvgIpc) is 2.85. The van der Waals surface area contributed by atoms with Crippen LogP contribution < -0.4 is 0 Å². The highest BCUT2D eigenvalue weighted by Crippen LogP contribution is 2.12. The molecule has 1 heterocycles. The molecule has 2 amide bonds. The lowest BCUT2D eigenvalue weighted by molar-refractivity contribution is -0.136. The van der Waals surface area contributed by atoms with Gasteiger partial charge in [0.2, 0.25) is 5.91 Å². The molecule has 0 spiro atoms. The molecule has 1 aliphatic heterocycles. The van der Waals surface area contributed by atoms with Crippen molar-refractivity contribution in [2.24, 2.45) is 0 Å². The van der Waals surface area contributed by atoms with Gasteiger partial charge in [0.15, 0.2) is 0 Å². The minimum Gasteiger partial charge on any atom is -0.453 e. The molecule has 24 heavy (non-hydrogen) atoms. The summed E-state index contributed by atoms with van der Waals surface area (Å²) in [6, 6.07) is 9.86. The van der Waals surface area contributed by atoms with Crippen LogP contribution in [0.1, 0.15) is 12.0 Å². The SMILES string of the molecule is COC(=O)N1CCCN(C(=O)C(Cc2ccccc2)N(C)C)CC1. The molecule has 1 saturated heterocycles. The molecule has 1 fully saturated rings. The molecule has 0 N–H and O–H groups in total. The van der Waals surface area contributed by atoms with Gasteiger partial charge >= 0.3 is 6.09 Å². The van der Waals surface area contributed by atoms with Crippen molar-refractivity contribution >= 4 is 12.0 Å². The second-order valence-corrected chi connectivity index (χ2v) is 6.31. The second kappa shape index (κ2) is 8.68. The van der Waals surface area contributed by atoms with Crippen LogP contribution in [0.3, 0.4) is 0 Å². The van der Waals surface area contributed by atoms with Gasteiger partial charge in [-0.05, 0) is 32.5 Å². The molecule has 0 aliphatic carbocycles. The molecule has 0 bridgehead atoms. The Labute approximate surface area is 144 Å². The Morgan fingerprint density at radius 1 is 1.08 bits per heavy atom. The number of carbonyl (C=O) groups is 2. The number of nitrogens with zero attached hydrogens (tertiary/aromatic N) is 3. The Hall–Kier alpha value is -2.08. The number of hydrogen-bond donors (Lipinski definition) is 0. The maximum atomic E-state index is 13.0. The van der Waals surface area contributed by atoms with Crippen molar-refractivity contribution in [2.75, 3.05) is 47.4 Å². The van der Waals surface area contributed by atoms with Gasteiger partial charge in [0.25, 0.3) is 0 Å². The van der Waals surface area contributed by atoms with Gasteiger partial charge in [0.05, 0.1) is 13.2 Å². The molecular weight excluding hydrogens is 306 g/mol. The van der Waals surface area contributed by atoms with Gasteiger partial charge < -0.3 is 14.5 Å². The Morgan fingerprint density at radius 3 is 2.33 bits per heavy atom. The molecule has 1 atom stereocenters. The number of likely N-dealkylation sites (N-methyl/N-ethyl adjacent to an activating group) is 1. The monoisotopic (exact) mass is 333 g/mol. The minimum atomic E-state index is -0.322. The van der Waals surface area contributed by atoms with Crippen LogP contribution in [0, 0.1) is 0 Å². The van der Waals surface area contributed by atoms with Crippen LogP contribution in [-0.2, 0) is 16.0 Å². The first kappa shape index (κ1) is 18.3. The van der Waals surface area contributed by atoms with Crippen molar-refractivity contribution in [2.45, 2.75) is 18.9 Å². The van der Waals surface area contributed by atoms with E-state index in [1.807, 2.05) is 54.2 Å². The van der Waals surface area contributed by atoms with Crippen LogP contribution in [-0.4, -0.2) is 80.1 Å². The van der Waals surface area contributed by atoms with Crippen molar-refractivity contribution in [3.8, 4) is 0 Å². The zero-order valence-corrected chi connectivity index (χ0v) is 14.8. The summed E-state index contributed by atoms with van der Waals surface area (Å²) in [4.78, 5) is 30.2. The summed E-state index contributed by atoms with van der Waals surface area (Å²) in [6.45, 7) is 2.37. The molecule has 1 aromatic carbocycles. The molecule has 1 aromatic rings. The van der Waals surface area contributed by atoms with Gasteiger partial charge in [-0.3, -0.25) is 9.69 Å². The normalized spacial score (nSPS) is 16.7. The highest BCUT2D eigenvalue weighted by Gasteiger charge is 2.29. The van der Waals surface area contributed by atoms with E-state index in [0.29, 0.717) is 32.6 Å². The first-order chi connectivity index (χ1) is 11.5. The summed E-state index contributed by atoms with van der Waals surface area (Å²) < 4.78 is 4.78. The molecule has 2 rings (SSSR count). The third kappa shape index (κ3) is 4.71. The Bertz CT molecular complexity index is 548. The molecule has 0 aromatic heterocycles. The number of hydrogen-bond acceptors (Lipinski definition) is 4. The zero-order valence-electron chi connectivity index (χ0n) is 14.8. The van der Waals surface area contributed by atoms with E-state index in [4.69, 9.17) is 4.74 Å². The Balaban J connectivity index is 2.02. The van der Waals surface area contributed by atoms with Crippen molar-refractivity contribution < 1.29 is 14.3 Å². The minimum absolute atomic E-state index is 0.121. The number of rotatable bonds is 4. The lowest BCUT2D eigenvalue weighted by atomic mass is 10.0. The molecule has 0 saturated carbocycles. The van der Waals surface area contributed by atoms with E-state index in [9.17, 15) is 9.59 Å². The molecule has 1 aliphatic rings. The predicted molar refractivity (Wildman–Crippen MR) is 92.8 cm³/mol. The van der Waals surface area contributed by atoms with Crippen LogP contribution in [0.4, 0.5) is 4.79 Å². The van der Waals surface area contributed by atoms with Crippen LogP contribution in [0.15, 0.2) is 30.3 Å². The van der Waals surface area contributed by atoms with Crippen LogP contribution >= 0.6 is 0 Å². The zero-order chi connectivity index (χ0) is 17.5. The van der Waals surface area contributed by atoms with Crippen LogP contribution in [0.25, 0.3) is 0 Å². The summed E-state index contributed by atoms with van der Waals surface area (Å²) in [5.74, 6) is 0.121. The number of amides is 2. The third-order valence-electron chi connectivity index (χ3n) is 4.42. The Morgan fingerprint density at radius 2 is 1.71 bits per heavy atom. The topological polar surface area (TPSA) is 53.1 Å². The van der Waals surface area contributed by atoms with E-state index >= 15 is 0 Å². The molecule has 1 unspecified atom stereocenters. The average molecular weight is 333 g/mol. The van der Waals surface area contributed by atoms with E-state index in [-0.39, 0.29) is 18.0 Å². The van der Waals surface area contributed by atoms with E-state index in [2.05, 4.69) is 0 Å². The van der Waals surface area contributed by atoms with Gasteiger partial charge in [-0.25, -0.2) is 4.79 Å². The standard InChI is InChI=1S/C18H27N3O3/c1-19(2)16(14-15-8-5-4-6-9-15)17(22)20-10-7-11-21(13-12-20)18(23)24-3/h4-6,8-9,16H,7,10-14H2,1-3H3. The van der Waals surface area contributed by atoms with Gasteiger partial charge in [-0.15, -0.1) is 0 Å². The fraction of sp³-hybridized carbons (Fsp3) is 0.556. The van der Waals surface area contributed by atoms with E-state index in [0.717, 1.165) is 12.0 Å². The summed E-state index contributed by atoms with van der Waals surface area (Å²) in [6.07, 6.45) is 1.13. The van der Waals surface area contributed by atoms with Gasteiger partial charge in [0.1, 0.15) is 0 Å². The quantitative estimate of drug-likeness (QED) is 0.837. The number of benzene rings is 1. The molecule has 132 valence electrons. The van der Waals surface area contributed by atoms with Crippen molar-refractivity contribution in [1.29, 1.82) is 0 Å². The van der Waals surface area contributed by atoms with Crippen molar-refractivity contribution in [3.05, 3.63) is 35.9 Å². The van der Waals surface area contributed by atoms with Crippen molar-refractivity contribution in [1.82, 2.24) is 14.7 Å². The maximum Gasteiger partial charge on any atom is 0.409 e. The summed E-state index contributed by atoms with van der Waals surface area (Å²) >= 11 is 0. The molecule has 6 nitrogen and oxygen atoms in total. The summed E-state index contributed by atoms with van der Waals surface area (Å²) in [5, 5.41) is 0. The highest BCUT2D eigenvalue weighted by atomic mass is 16.5.